The maximum Gasteiger partial charge on any atom is 0.0795 e. The summed E-state index contributed by atoms with van der Waals surface area (Å²) in [5.41, 5.74) is 1.41. The molecule has 1 heteroatoms. The van der Waals surface area contributed by atoms with E-state index in [1.807, 2.05) is 0 Å². The van der Waals surface area contributed by atoms with Gasteiger partial charge in [-0.05, 0) is 19.3 Å². The minimum Gasteiger partial charge on any atom is -0.374 e. The zero-order valence-electron chi connectivity index (χ0n) is 8.75. The molecule has 0 N–H and O–H groups in total. The average molecular weight is 180 g/mol. The highest BCUT2D eigenvalue weighted by Crippen LogP contribution is 2.15. The maximum absolute atomic E-state index is 5.73. The number of hydrogen-bond donors (Lipinski definition) is 0. The van der Waals surface area contributed by atoms with Crippen LogP contribution in [0.25, 0.3) is 0 Å². The summed E-state index contributed by atoms with van der Waals surface area (Å²) in [5.74, 6) is 0. The number of ether oxygens (including phenoxy) is 1. The van der Waals surface area contributed by atoms with Gasteiger partial charge in [0, 0.05) is 6.61 Å². The van der Waals surface area contributed by atoms with Crippen molar-refractivity contribution in [2.24, 2.45) is 0 Å². The fourth-order valence-electron chi connectivity index (χ4n) is 1.45. The van der Waals surface area contributed by atoms with E-state index in [0.29, 0.717) is 6.10 Å². The third-order valence-electron chi connectivity index (χ3n) is 2.34. The fourth-order valence-corrected chi connectivity index (χ4v) is 1.45. The van der Waals surface area contributed by atoms with Crippen LogP contribution in [0.2, 0.25) is 0 Å². The smallest absolute Gasteiger partial charge is 0.0795 e. The minimum absolute atomic E-state index is 0.339. The SMILES string of the molecule is CCCCOC1C=C(CC)C=CC1. The minimum atomic E-state index is 0.339. The first-order chi connectivity index (χ1) is 6.36. The highest BCUT2D eigenvalue weighted by molar-refractivity contribution is 5.24. The normalized spacial score (nSPS) is 21.7. The van der Waals surface area contributed by atoms with Gasteiger partial charge in [0.2, 0.25) is 0 Å². The molecule has 0 saturated carbocycles. The standard InChI is InChI=1S/C12H20O/c1-3-5-9-13-12-8-6-7-11(4-2)10-12/h6-7,10,12H,3-5,8-9H2,1-2H3. The quantitative estimate of drug-likeness (QED) is 0.589. The average Bonchev–Trinajstić information content (AvgIpc) is 2.19. The van der Waals surface area contributed by atoms with Crippen molar-refractivity contribution in [2.75, 3.05) is 6.61 Å². The topological polar surface area (TPSA) is 9.23 Å². The van der Waals surface area contributed by atoms with E-state index >= 15 is 0 Å². The van der Waals surface area contributed by atoms with Crippen molar-refractivity contribution in [3.05, 3.63) is 23.8 Å². The number of hydrogen-bond acceptors (Lipinski definition) is 1. The Morgan fingerprint density at radius 2 is 2.31 bits per heavy atom. The van der Waals surface area contributed by atoms with Gasteiger partial charge < -0.3 is 4.74 Å². The highest BCUT2D eigenvalue weighted by atomic mass is 16.5. The molecule has 0 saturated heterocycles. The number of unbranched alkanes of at least 4 members (excludes halogenated alkanes) is 1. The van der Waals surface area contributed by atoms with Gasteiger partial charge in [-0.25, -0.2) is 0 Å². The summed E-state index contributed by atoms with van der Waals surface area (Å²) in [6.45, 7) is 5.28. The molecular weight excluding hydrogens is 160 g/mol. The first kappa shape index (κ1) is 10.5. The molecule has 1 unspecified atom stereocenters. The molecule has 0 bridgehead atoms. The Bertz CT molecular complexity index is 191. The molecule has 0 spiro atoms. The van der Waals surface area contributed by atoms with Crippen LogP contribution in [0.15, 0.2) is 23.8 Å². The van der Waals surface area contributed by atoms with Crippen molar-refractivity contribution in [2.45, 2.75) is 45.6 Å². The molecule has 0 amide bonds. The summed E-state index contributed by atoms with van der Waals surface area (Å²) in [7, 11) is 0. The largest absolute Gasteiger partial charge is 0.374 e. The van der Waals surface area contributed by atoms with Crippen molar-refractivity contribution in [3.8, 4) is 0 Å². The van der Waals surface area contributed by atoms with Crippen molar-refractivity contribution in [3.63, 3.8) is 0 Å². The molecule has 0 aromatic heterocycles. The van der Waals surface area contributed by atoms with Gasteiger partial charge in [-0.1, -0.05) is 44.1 Å². The monoisotopic (exact) mass is 180 g/mol. The molecule has 1 nitrogen and oxygen atoms in total. The van der Waals surface area contributed by atoms with Crippen LogP contribution in [-0.4, -0.2) is 12.7 Å². The highest BCUT2D eigenvalue weighted by Gasteiger charge is 2.07. The molecule has 0 aromatic rings. The lowest BCUT2D eigenvalue weighted by Gasteiger charge is -2.16. The third-order valence-corrected chi connectivity index (χ3v) is 2.34. The van der Waals surface area contributed by atoms with Gasteiger partial charge in [0.15, 0.2) is 0 Å². The first-order valence-electron chi connectivity index (χ1n) is 5.35. The second kappa shape index (κ2) is 5.98. The second-order valence-corrected chi connectivity index (χ2v) is 3.50. The lowest BCUT2D eigenvalue weighted by molar-refractivity contribution is 0.0836. The van der Waals surface area contributed by atoms with Gasteiger partial charge in [0.25, 0.3) is 0 Å². The molecule has 0 heterocycles. The third kappa shape index (κ3) is 3.77. The molecule has 0 fully saturated rings. The summed E-state index contributed by atoms with van der Waals surface area (Å²) in [5, 5.41) is 0. The molecule has 1 aliphatic rings. The van der Waals surface area contributed by atoms with Crippen LogP contribution in [0.4, 0.5) is 0 Å². The predicted molar refractivity (Wildman–Crippen MR) is 56.8 cm³/mol. The lowest BCUT2D eigenvalue weighted by atomic mass is 10.0. The molecule has 1 atom stereocenters. The van der Waals surface area contributed by atoms with Crippen LogP contribution in [0.1, 0.15) is 39.5 Å². The Morgan fingerprint density at radius 1 is 1.46 bits per heavy atom. The van der Waals surface area contributed by atoms with Gasteiger partial charge in [-0.2, -0.15) is 0 Å². The molecular formula is C12H20O. The summed E-state index contributed by atoms with van der Waals surface area (Å²) < 4.78 is 5.73. The van der Waals surface area contributed by atoms with Crippen molar-refractivity contribution < 1.29 is 4.74 Å². The molecule has 1 rings (SSSR count). The zero-order valence-corrected chi connectivity index (χ0v) is 8.75. The van der Waals surface area contributed by atoms with Crippen molar-refractivity contribution in [1.29, 1.82) is 0 Å². The zero-order chi connectivity index (χ0) is 9.52. The summed E-state index contributed by atoms with van der Waals surface area (Å²) >= 11 is 0. The van der Waals surface area contributed by atoms with Crippen molar-refractivity contribution >= 4 is 0 Å². The number of allylic oxidation sites excluding steroid dienone is 2. The Kier molecular flexibility index (Phi) is 4.84. The van der Waals surface area contributed by atoms with E-state index in [-0.39, 0.29) is 0 Å². The number of rotatable bonds is 5. The van der Waals surface area contributed by atoms with Gasteiger partial charge in [0.1, 0.15) is 0 Å². The summed E-state index contributed by atoms with van der Waals surface area (Å²) in [6.07, 6.45) is 11.6. The maximum atomic E-state index is 5.73. The van der Waals surface area contributed by atoms with E-state index < -0.39 is 0 Å². The predicted octanol–water partition coefficient (Wildman–Crippen LogP) is 3.47. The van der Waals surface area contributed by atoms with Crippen LogP contribution < -0.4 is 0 Å². The Morgan fingerprint density at radius 3 is 3.00 bits per heavy atom. The first-order valence-corrected chi connectivity index (χ1v) is 5.35. The van der Waals surface area contributed by atoms with E-state index in [0.717, 1.165) is 19.4 Å². The van der Waals surface area contributed by atoms with Crippen LogP contribution in [-0.2, 0) is 4.74 Å². The van der Waals surface area contributed by atoms with E-state index in [4.69, 9.17) is 4.74 Å². The summed E-state index contributed by atoms with van der Waals surface area (Å²) in [6, 6.07) is 0. The molecule has 74 valence electrons. The Balaban J connectivity index is 2.27. The van der Waals surface area contributed by atoms with Gasteiger partial charge in [-0.3, -0.25) is 0 Å². The van der Waals surface area contributed by atoms with E-state index in [1.54, 1.807) is 0 Å². The van der Waals surface area contributed by atoms with Gasteiger partial charge in [0.05, 0.1) is 6.10 Å². The van der Waals surface area contributed by atoms with Crippen LogP contribution in [0, 0.1) is 0 Å². The van der Waals surface area contributed by atoms with Crippen LogP contribution in [0.3, 0.4) is 0 Å². The van der Waals surface area contributed by atoms with Crippen LogP contribution in [0.5, 0.6) is 0 Å². The molecule has 0 aromatic carbocycles. The summed E-state index contributed by atoms with van der Waals surface area (Å²) in [4.78, 5) is 0. The lowest BCUT2D eigenvalue weighted by Crippen LogP contribution is -2.12. The fraction of sp³-hybridized carbons (Fsp3) is 0.667. The van der Waals surface area contributed by atoms with Gasteiger partial charge >= 0.3 is 0 Å². The van der Waals surface area contributed by atoms with E-state index in [2.05, 4.69) is 32.1 Å². The van der Waals surface area contributed by atoms with E-state index in [1.165, 1.54) is 18.4 Å². The Hall–Kier alpha value is -0.560. The molecule has 13 heavy (non-hydrogen) atoms. The van der Waals surface area contributed by atoms with Crippen molar-refractivity contribution in [1.82, 2.24) is 0 Å². The molecule has 0 aliphatic heterocycles. The Labute approximate surface area is 81.5 Å². The molecule has 1 aliphatic carbocycles. The van der Waals surface area contributed by atoms with E-state index in [9.17, 15) is 0 Å². The second-order valence-electron chi connectivity index (χ2n) is 3.50. The van der Waals surface area contributed by atoms with Gasteiger partial charge in [-0.15, -0.1) is 0 Å². The molecule has 0 radical (unpaired) electrons. The van der Waals surface area contributed by atoms with Crippen LogP contribution >= 0.6 is 0 Å².